The lowest BCUT2D eigenvalue weighted by molar-refractivity contribution is 0.132. The van der Waals surface area contributed by atoms with Crippen molar-refractivity contribution in [3.63, 3.8) is 0 Å². The fraction of sp³-hybridized carbons (Fsp3) is 0.692. The summed E-state index contributed by atoms with van der Waals surface area (Å²) >= 11 is 0. The van der Waals surface area contributed by atoms with Crippen LogP contribution in [0, 0.1) is 6.92 Å². The topological polar surface area (TPSA) is 104 Å². The minimum atomic E-state index is -0.771. The van der Waals surface area contributed by atoms with Crippen molar-refractivity contribution in [1.29, 1.82) is 0 Å². The molecule has 0 unspecified atom stereocenters. The SMILES string of the molecule is CCC(CO)(CO)Nc1nc(C2CC2)nc(N)c1C. The third kappa shape index (κ3) is 2.79. The lowest BCUT2D eigenvalue weighted by Crippen LogP contribution is -2.45. The second-order valence-electron chi connectivity index (χ2n) is 5.29. The van der Waals surface area contributed by atoms with Crippen LogP contribution in [-0.4, -0.2) is 38.9 Å². The van der Waals surface area contributed by atoms with E-state index in [1.54, 1.807) is 0 Å². The number of rotatable bonds is 6. The van der Waals surface area contributed by atoms with Gasteiger partial charge >= 0.3 is 0 Å². The minimum Gasteiger partial charge on any atom is -0.394 e. The maximum atomic E-state index is 9.49. The van der Waals surface area contributed by atoms with Gasteiger partial charge in [-0.25, -0.2) is 9.97 Å². The quantitative estimate of drug-likeness (QED) is 0.607. The van der Waals surface area contributed by atoms with Crippen molar-refractivity contribution in [3.8, 4) is 0 Å². The van der Waals surface area contributed by atoms with Gasteiger partial charge in [0.15, 0.2) is 0 Å². The Bertz CT molecular complexity index is 448. The Morgan fingerprint density at radius 1 is 1.32 bits per heavy atom. The van der Waals surface area contributed by atoms with Crippen LogP contribution < -0.4 is 11.1 Å². The molecule has 0 saturated heterocycles. The van der Waals surface area contributed by atoms with Gasteiger partial charge in [-0.15, -0.1) is 0 Å². The Hall–Kier alpha value is -1.40. The first kappa shape index (κ1) is 14.0. The van der Waals surface area contributed by atoms with E-state index in [9.17, 15) is 10.2 Å². The number of nitrogens with two attached hydrogens (primary N) is 1. The number of nitrogens with one attached hydrogen (secondary N) is 1. The Morgan fingerprint density at radius 3 is 2.42 bits per heavy atom. The van der Waals surface area contributed by atoms with E-state index in [0.29, 0.717) is 24.0 Å². The van der Waals surface area contributed by atoms with Crippen molar-refractivity contribution in [2.24, 2.45) is 0 Å². The summed E-state index contributed by atoms with van der Waals surface area (Å²) in [5.41, 5.74) is 5.90. The van der Waals surface area contributed by atoms with Gasteiger partial charge in [-0.3, -0.25) is 0 Å². The van der Waals surface area contributed by atoms with Crippen molar-refractivity contribution in [2.75, 3.05) is 24.3 Å². The Morgan fingerprint density at radius 2 is 1.95 bits per heavy atom. The fourth-order valence-corrected chi connectivity index (χ4v) is 1.89. The van der Waals surface area contributed by atoms with Crippen molar-refractivity contribution in [1.82, 2.24) is 9.97 Å². The first-order valence-corrected chi connectivity index (χ1v) is 6.69. The van der Waals surface area contributed by atoms with Crippen LogP contribution >= 0.6 is 0 Å². The zero-order valence-electron chi connectivity index (χ0n) is 11.5. The highest BCUT2D eigenvalue weighted by Gasteiger charge is 2.31. The molecule has 19 heavy (non-hydrogen) atoms. The lowest BCUT2D eigenvalue weighted by atomic mass is 9.98. The van der Waals surface area contributed by atoms with Gasteiger partial charge in [0, 0.05) is 11.5 Å². The molecule has 0 radical (unpaired) electrons. The molecule has 1 heterocycles. The number of anilines is 2. The predicted molar refractivity (Wildman–Crippen MR) is 74.0 cm³/mol. The molecule has 0 aromatic carbocycles. The standard InChI is InChI=1S/C13H22N4O2/c1-3-13(6-18,7-19)17-11-8(2)10(14)15-12(16-11)9-4-5-9/h9,18-19H,3-7H2,1-2H3,(H3,14,15,16,17). The van der Waals surface area contributed by atoms with E-state index in [-0.39, 0.29) is 13.2 Å². The van der Waals surface area contributed by atoms with Crippen LogP contribution in [0.3, 0.4) is 0 Å². The minimum absolute atomic E-state index is 0.165. The summed E-state index contributed by atoms with van der Waals surface area (Å²) in [6, 6.07) is 0. The summed E-state index contributed by atoms with van der Waals surface area (Å²) < 4.78 is 0. The molecule has 1 aromatic heterocycles. The first-order valence-electron chi connectivity index (χ1n) is 6.69. The van der Waals surface area contributed by atoms with Gasteiger partial charge in [0.2, 0.25) is 0 Å². The molecule has 1 aliphatic carbocycles. The molecule has 6 nitrogen and oxygen atoms in total. The molecule has 106 valence electrons. The van der Waals surface area contributed by atoms with Gasteiger partial charge in [0.25, 0.3) is 0 Å². The molecule has 0 atom stereocenters. The summed E-state index contributed by atoms with van der Waals surface area (Å²) in [5, 5.41) is 22.1. The highest BCUT2D eigenvalue weighted by molar-refractivity contribution is 5.56. The molecule has 0 amide bonds. The number of aliphatic hydroxyl groups excluding tert-OH is 2. The van der Waals surface area contributed by atoms with Gasteiger partial charge in [0.05, 0.1) is 18.8 Å². The Labute approximate surface area is 113 Å². The summed E-state index contributed by atoms with van der Waals surface area (Å²) in [6.45, 7) is 3.41. The van der Waals surface area contributed by atoms with E-state index in [1.165, 1.54) is 0 Å². The van der Waals surface area contributed by atoms with Crippen LogP contribution in [0.5, 0.6) is 0 Å². The fourth-order valence-electron chi connectivity index (χ4n) is 1.89. The van der Waals surface area contributed by atoms with Crippen LogP contribution in [0.1, 0.15) is 43.5 Å². The van der Waals surface area contributed by atoms with E-state index in [1.807, 2.05) is 13.8 Å². The van der Waals surface area contributed by atoms with Gasteiger partial charge in [-0.2, -0.15) is 0 Å². The van der Waals surface area contributed by atoms with Crippen LogP contribution in [0.2, 0.25) is 0 Å². The molecule has 1 aliphatic rings. The largest absolute Gasteiger partial charge is 0.394 e. The average Bonchev–Trinajstić information content (AvgIpc) is 3.25. The van der Waals surface area contributed by atoms with Gasteiger partial charge < -0.3 is 21.3 Å². The van der Waals surface area contributed by atoms with E-state index >= 15 is 0 Å². The highest BCUT2D eigenvalue weighted by atomic mass is 16.3. The third-order valence-electron chi connectivity index (χ3n) is 3.81. The Balaban J connectivity index is 2.32. The van der Waals surface area contributed by atoms with Crippen molar-refractivity contribution in [2.45, 2.75) is 44.6 Å². The number of aliphatic hydroxyl groups is 2. The summed E-state index contributed by atoms with van der Waals surface area (Å²) in [6.07, 6.45) is 2.78. The number of nitrogens with zero attached hydrogens (tertiary/aromatic N) is 2. The first-order chi connectivity index (χ1) is 9.05. The molecule has 0 spiro atoms. The zero-order chi connectivity index (χ0) is 14.0. The molecule has 6 heteroatoms. The monoisotopic (exact) mass is 266 g/mol. The second kappa shape index (κ2) is 5.30. The van der Waals surface area contributed by atoms with E-state index in [0.717, 1.165) is 24.2 Å². The maximum absolute atomic E-state index is 9.49. The molecular weight excluding hydrogens is 244 g/mol. The van der Waals surface area contributed by atoms with Crippen molar-refractivity contribution < 1.29 is 10.2 Å². The number of aromatic nitrogens is 2. The molecular formula is C13H22N4O2. The van der Waals surface area contributed by atoms with Crippen molar-refractivity contribution in [3.05, 3.63) is 11.4 Å². The molecule has 1 aromatic rings. The van der Waals surface area contributed by atoms with E-state index < -0.39 is 5.54 Å². The smallest absolute Gasteiger partial charge is 0.136 e. The average molecular weight is 266 g/mol. The molecule has 2 rings (SSSR count). The number of nitrogen functional groups attached to an aromatic ring is 1. The lowest BCUT2D eigenvalue weighted by Gasteiger charge is -2.31. The molecule has 5 N–H and O–H groups in total. The third-order valence-corrected chi connectivity index (χ3v) is 3.81. The molecule has 0 bridgehead atoms. The van der Waals surface area contributed by atoms with Gasteiger partial charge in [0.1, 0.15) is 17.5 Å². The molecule has 1 saturated carbocycles. The summed E-state index contributed by atoms with van der Waals surface area (Å²) in [4.78, 5) is 8.80. The van der Waals surface area contributed by atoms with E-state index in [4.69, 9.17) is 5.73 Å². The zero-order valence-corrected chi connectivity index (χ0v) is 11.5. The molecule has 0 aliphatic heterocycles. The summed E-state index contributed by atoms with van der Waals surface area (Å²) in [7, 11) is 0. The van der Waals surface area contributed by atoms with Gasteiger partial charge in [-0.05, 0) is 26.2 Å². The van der Waals surface area contributed by atoms with Gasteiger partial charge in [-0.1, -0.05) is 6.92 Å². The number of hydrogen-bond donors (Lipinski definition) is 4. The maximum Gasteiger partial charge on any atom is 0.136 e. The molecule has 1 fully saturated rings. The normalized spacial score (nSPS) is 15.6. The van der Waals surface area contributed by atoms with Crippen LogP contribution in [-0.2, 0) is 0 Å². The van der Waals surface area contributed by atoms with Crippen LogP contribution in [0.25, 0.3) is 0 Å². The second-order valence-corrected chi connectivity index (χ2v) is 5.29. The highest BCUT2D eigenvalue weighted by Crippen LogP contribution is 2.39. The van der Waals surface area contributed by atoms with Crippen LogP contribution in [0.4, 0.5) is 11.6 Å². The Kier molecular flexibility index (Phi) is 3.91. The predicted octanol–water partition coefficient (Wildman–Crippen LogP) is 0.790. The van der Waals surface area contributed by atoms with Crippen LogP contribution in [0.15, 0.2) is 0 Å². The number of hydrogen-bond acceptors (Lipinski definition) is 6. The summed E-state index contributed by atoms with van der Waals surface area (Å²) in [5.74, 6) is 2.23. The van der Waals surface area contributed by atoms with E-state index in [2.05, 4.69) is 15.3 Å². The van der Waals surface area contributed by atoms with Crippen molar-refractivity contribution >= 4 is 11.6 Å².